The van der Waals surface area contributed by atoms with E-state index in [1.54, 1.807) is 28.9 Å². The molecule has 1 amide bonds. The van der Waals surface area contributed by atoms with Crippen LogP contribution in [0.15, 0.2) is 48.5 Å². The van der Waals surface area contributed by atoms with Crippen molar-refractivity contribution in [2.75, 3.05) is 0 Å². The summed E-state index contributed by atoms with van der Waals surface area (Å²) in [6.07, 6.45) is 0. The Hall–Kier alpha value is -2.17. The number of hydrogen-bond acceptors (Lipinski definition) is 3. The summed E-state index contributed by atoms with van der Waals surface area (Å²) in [6, 6.07) is 16.1. The normalized spacial score (nSPS) is 11.7. The third-order valence-electron chi connectivity index (χ3n) is 3.92. The molecule has 0 unspecified atom stereocenters. The number of hydrogen-bond donors (Lipinski definition) is 2. The molecule has 1 aromatic heterocycles. The molecular formula is C19H19NO2S. The zero-order chi connectivity index (χ0) is 16.6. The Morgan fingerprint density at radius 2 is 1.74 bits per heavy atom. The van der Waals surface area contributed by atoms with Gasteiger partial charge in [-0.05, 0) is 46.2 Å². The first-order chi connectivity index (χ1) is 10.9. The average molecular weight is 325 g/mol. The van der Waals surface area contributed by atoms with Crippen molar-refractivity contribution < 1.29 is 10.0 Å². The van der Waals surface area contributed by atoms with E-state index < -0.39 is 5.91 Å². The Labute approximate surface area is 139 Å². The van der Waals surface area contributed by atoms with Gasteiger partial charge in [-0.1, -0.05) is 45.0 Å². The van der Waals surface area contributed by atoms with Crippen LogP contribution in [0.2, 0.25) is 0 Å². The fourth-order valence-electron chi connectivity index (χ4n) is 2.53. The number of carbonyl (C=O) groups is 1. The molecule has 0 radical (unpaired) electrons. The van der Waals surface area contributed by atoms with Gasteiger partial charge in [-0.2, -0.15) is 0 Å². The van der Waals surface area contributed by atoms with Crippen molar-refractivity contribution in [1.29, 1.82) is 0 Å². The van der Waals surface area contributed by atoms with Gasteiger partial charge in [0.2, 0.25) is 0 Å². The Bertz CT molecular complexity index is 857. The van der Waals surface area contributed by atoms with Crippen LogP contribution in [0.3, 0.4) is 0 Å². The number of nitrogens with one attached hydrogen (secondary N) is 1. The van der Waals surface area contributed by atoms with E-state index in [-0.39, 0.29) is 5.41 Å². The molecule has 0 bridgehead atoms. The number of thiophene rings is 1. The van der Waals surface area contributed by atoms with Crippen molar-refractivity contribution in [2.24, 2.45) is 0 Å². The molecule has 1 heterocycles. The van der Waals surface area contributed by atoms with Gasteiger partial charge in [0.15, 0.2) is 0 Å². The van der Waals surface area contributed by atoms with Gasteiger partial charge in [0.1, 0.15) is 0 Å². The third kappa shape index (κ3) is 3.14. The lowest BCUT2D eigenvalue weighted by Gasteiger charge is -2.18. The molecule has 3 rings (SSSR count). The Morgan fingerprint density at radius 1 is 1.04 bits per heavy atom. The van der Waals surface area contributed by atoms with Crippen LogP contribution in [0.25, 0.3) is 20.5 Å². The predicted molar refractivity (Wildman–Crippen MR) is 95.2 cm³/mol. The number of benzene rings is 2. The van der Waals surface area contributed by atoms with E-state index in [0.29, 0.717) is 5.56 Å². The Morgan fingerprint density at radius 3 is 2.35 bits per heavy atom. The molecule has 23 heavy (non-hydrogen) atoms. The van der Waals surface area contributed by atoms with Gasteiger partial charge in [-0.15, -0.1) is 11.3 Å². The lowest BCUT2D eigenvalue weighted by molar-refractivity contribution is 0.0706. The first kappa shape index (κ1) is 15.7. The smallest absolute Gasteiger partial charge is 0.274 e. The number of fused-ring (bicyclic) bond motifs is 1. The maximum atomic E-state index is 11.5. The second kappa shape index (κ2) is 5.80. The van der Waals surface area contributed by atoms with Crippen LogP contribution in [-0.2, 0) is 5.41 Å². The van der Waals surface area contributed by atoms with Gasteiger partial charge in [-0.3, -0.25) is 10.0 Å². The van der Waals surface area contributed by atoms with Crippen LogP contribution in [0.5, 0.6) is 0 Å². The molecule has 0 saturated carbocycles. The number of hydroxylamine groups is 1. The average Bonchev–Trinajstić information content (AvgIpc) is 2.96. The summed E-state index contributed by atoms with van der Waals surface area (Å²) < 4.78 is 1.12. The summed E-state index contributed by atoms with van der Waals surface area (Å²) in [5, 5.41) is 9.74. The zero-order valence-corrected chi connectivity index (χ0v) is 14.2. The van der Waals surface area contributed by atoms with E-state index in [0.717, 1.165) is 10.1 Å². The third-order valence-corrected chi connectivity index (χ3v) is 5.08. The minimum atomic E-state index is -0.491. The first-order valence-corrected chi connectivity index (χ1v) is 8.29. The molecule has 3 nitrogen and oxygen atoms in total. The lowest BCUT2D eigenvalue weighted by Crippen LogP contribution is -2.18. The molecule has 118 valence electrons. The predicted octanol–water partition coefficient (Wildman–Crippen LogP) is 4.98. The highest BCUT2D eigenvalue weighted by atomic mass is 32.1. The van der Waals surface area contributed by atoms with Crippen molar-refractivity contribution >= 4 is 27.3 Å². The summed E-state index contributed by atoms with van der Waals surface area (Å²) in [6.45, 7) is 6.61. The van der Waals surface area contributed by atoms with E-state index in [1.165, 1.54) is 16.0 Å². The number of amides is 1. The van der Waals surface area contributed by atoms with Gasteiger partial charge in [0, 0.05) is 15.1 Å². The standard InChI is InChI=1S/C19H19NO2S/c1-19(2,3)15-7-4-12(5-8-15)17-11-14-10-13(18(21)20-22)6-9-16(14)23-17/h4-11,22H,1-3H3,(H,20,21). The second-order valence-electron chi connectivity index (χ2n) is 6.63. The van der Waals surface area contributed by atoms with E-state index in [4.69, 9.17) is 5.21 Å². The summed E-state index contributed by atoms with van der Waals surface area (Å²) >= 11 is 1.70. The van der Waals surface area contributed by atoms with Gasteiger partial charge >= 0.3 is 0 Å². The van der Waals surface area contributed by atoms with Crippen LogP contribution >= 0.6 is 11.3 Å². The van der Waals surface area contributed by atoms with Gasteiger partial charge in [0.05, 0.1) is 0 Å². The molecule has 0 atom stereocenters. The maximum absolute atomic E-state index is 11.5. The van der Waals surface area contributed by atoms with Crippen molar-refractivity contribution in [3.8, 4) is 10.4 Å². The van der Waals surface area contributed by atoms with E-state index in [2.05, 4.69) is 51.1 Å². The lowest BCUT2D eigenvalue weighted by atomic mass is 9.86. The molecule has 0 spiro atoms. The van der Waals surface area contributed by atoms with Crippen molar-refractivity contribution in [2.45, 2.75) is 26.2 Å². The van der Waals surface area contributed by atoms with Crippen LogP contribution < -0.4 is 5.48 Å². The van der Waals surface area contributed by atoms with Crippen LogP contribution in [0.1, 0.15) is 36.7 Å². The molecule has 0 saturated heterocycles. The topological polar surface area (TPSA) is 49.3 Å². The zero-order valence-electron chi connectivity index (χ0n) is 13.4. The maximum Gasteiger partial charge on any atom is 0.274 e. The summed E-state index contributed by atoms with van der Waals surface area (Å²) in [7, 11) is 0. The molecular weight excluding hydrogens is 306 g/mol. The molecule has 4 heteroatoms. The van der Waals surface area contributed by atoms with Crippen LogP contribution in [-0.4, -0.2) is 11.1 Å². The SMILES string of the molecule is CC(C)(C)c1ccc(-c2cc3cc(C(=O)NO)ccc3s2)cc1. The van der Waals surface area contributed by atoms with E-state index in [1.807, 2.05) is 6.07 Å². The monoisotopic (exact) mass is 325 g/mol. The number of carbonyl (C=O) groups excluding carboxylic acids is 1. The van der Waals surface area contributed by atoms with Crippen molar-refractivity contribution in [3.05, 3.63) is 59.7 Å². The molecule has 2 aromatic carbocycles. The highest BCUT2D eigenvalue weighted by Crippen LogP contribution is 2.35. The first-order valence-electron chi connectivity index (χ1n) is 7.47. The molecule has 0 aliphatic carbocycles. The van der Waals surface area contributed by atoms with E-state index in [9.17, 15) is 4.79 Å². The molecule has 0 aliphatic heterocycles. The second-order valence-corrected chi connectivity index (χ2v) is 7.72. The fraction of sp³-hybridized carbons (Fsp3) is 0.211. The fourth-order valence-corrected chi connectivity index (χ4v) is 3.57. The Kier molecular flexibility index (Phi) is 3.96. The molecule has 2 N–H and O–H groups in total. The summed E-state index contributed by atoms with van der Waals surface area (Å²) in [4.78, 5) is 12.7. The van der Waals surface area contributed by atoms with Crippen LogP contribution in [0.4, 0.5) is 0 Å². The highest BCUT2D eigenvalue weighted by Gasteiger charge is 2.14. The minimum Gasteiger partial charge on any atom is -0.288 e. The molecule has 3 aromatic rings. The van der Waals surface area contributed by atoms with E-state index >= 15 is 0 Å². The largest absolute Gasteiger partial charge is 0.288 e. The minimum absolute atomic E-state index is 0.144. The van der Waals surface area contributed by atoms with Crippen molar-refractivity contribution in [1.82, 2.24) is 5.48 Å². The number of rotatable bonds is 2. The van der Waals surface area contributed by atoms with Gasteiger partial charge < -0.3 is 0 Å². The Balaban J connectivity index is 1.98. The van der Waals surface area contributed by atoms with Crippen LogP contribution in [0, 0.1) is 0 Å². The molecule has 0 aliphatic rings. The highest BCUT2D eigenvalue weighted by molar-refractivity contribution is 7.22. The van der Waals surface area contributed by atoms with Gasteiger partial charge in [-0.25, -0.2) is 5.48 Å². The summed E-state index contributed by atoms with van der Waals surface area (Å²) in [5.74, 6) is -0.491. The van der Waals surface area contributed by atoms with Gasteiger partial charge in [0.25, 0.3) is 5.91 Å². The van der Waals surface area contributed by atoms with Crippen molar-refractivity contribution in [3.63, 3.8) is 0 Å². The summed E-state index contributed by atoms with van der Waals surface area (Å²) in [5.41, 5.74) is 4.75. The molecule has 0 fully saturated rings. The quantitative estimate of drug-likeness (QED) is 0.515.